The van der Waals surface area contributed by atoms with Gasteiger partial charge in [0.2, 0.25) is 5.91 Å². The number of nitrogens with one attached hydrogen (secondary N) is 1. The minimum Gasteiger partial charge on any atom is -0.325 e. The van der Waals surface area contributed by atoms with E-state index in [2.05, 4.69) is 30.3 Å². The number of aryl methyl sites for hydroxylation is 2. The van der Waals surface area contributed by atoms with Gasteiger partial charge in [-0.3, -0.25) is 9.36 Å². The Kier molecular flexibility index (Phi) is 6.21. The van der Waals surface area contributed by atoms with Crippen molar-refractivity contribution in [3.8, 4) is 17.1 Å². The molecule has 1 amide bonds. The van der Waals surface area contributed by atoms with Crippen LogP contribution in [-0.4, -0.2) is 41.2 Å². The Morgan fingerprint density at radius 3 is 2.76 bits per heavy atom. The summed E-state index contributed by atoms with van der Waals surface area (Å²) in [6.07, 6.45) is 4.48. The molecule has 2 aromatic heterocycles. The van der Waals surface area contributed by atoms with E-state index in [1.54, 1.807) is 0 Å². The number of carbonyl (C=O) groups is 1. The Labute approximate surface area is 196 Å². The van der Waals surface area contributed by atoms with Crippen molar-refractivity contribution in [2.24, 2.45) is 0 Å². The SMILES string of the molecule is Cc1nnc(SCC(=O)Nc2cccc(-c3nnc4n3CCCCC4)c2)n1-c1ccccc1. The van der Waals surface area contributed by atoms with Crippen LogP contribution in [0.15, 0.2) is 59.8 Å². The van der Waals surface area contributed by atoms with Crippen molar-refractivity contribution < 1.29 is 4.79 Å². The number of rotatable bonds is 6. The van der Waals surface area contributed by atoms with Crippen LogP contribution in [0.2, 0.25) is 0 Å². The molecule has 0 spiro atoms. The van der Waals surface area contributed by atoms with E-state index in [1.165, 1.54) is 18.2 Å². The molecule has 1 N–H and O–H groups in total. The zero-order valence-corrected chi connectivity index (χ0v) is 19.3. The minimum absolute atomic E-state index is 0.0995. The number of carbonyl (C=O) groups excluding carboxylic acids is 1. The number of fused-ring (bicyclic) bond motifs is 1. The van der Waals surface area contributed by atoms with E-state index >= 15 is 0 Å². The number of benzene rings is 2. The highest BCUT2D eigenvalue weighted by Gasteiger charge is 2.17. The number of para-hydroxylation sites is 1. The number of nitrogens with zero attached hydrogens (tertiary/aromatic N) is 6. The first-order chi connectivity index (χ1) is 16.2. The van der Waals surface area contributed by atoms with E-state index in [4.69, 9.17) is 0 Å². The molecule has 0 saturated carbocycles. The molecule has 0 radical (unpaired) electrons. The number of hydrogen-bond acceptors (Lipinski definition) is 6. The van der Waals surface area contributed by atoms with Crippen LogP contribution in [0.1, 0.15) is 30.9 Å². The molecular weight excluding hydrogens is 434 g/mol. The molecule has 3 heterocycles. The molecule has 0 atom stereocenters. The van der Waals surface area contributed by atoms with Crippen LogP contribution in [0.25, 0.3) is 17.1 Å². The summed E-state index contributed by atoms with van der Waals surface area (Å²) in [7, 11) is 0. The van der Waals surface area contributed by atoms with Crippen LogP contribution in [-0.2, 0) is 17.8 Å². The predicted octanol–water partition coefficient (Wildman–Crippen LogP) is 4.29. The molecule has 1 aliphatic heterocycles. The third-order valence-corrected chi connectivity index (χ3v) is 6.58. The number of hydrogen-bond donors (Lipinski definition) is 1. The van der Waals surface area contributed by atoms with Gasteiger partial charge >= 0.3 is 0 Å². The van der Waals surface area contributed by atoms with E-state index in [0.717, 1.165) is 60.2 Å². The summed E-state index contributed by atoms with van der Waals surface area (Å²) in [5.41, 5.74) is 2.67. The average Bonchev–Trinajstić information content (AvgIpc) is 3.33. The second kappa shape index (κ2) is 9.58. The van der Waals surface area contributed by atoms with Gasteiger partial charge in [-0.25, -0.2) is 0 Å². The zero-order valence-electron chi connectivity index (χ0n) is 18.4. The number of aromatic nitrogens is 6. The van der Waals surface area contributed by atoms with Gasteiger partial charge in [-0.2, -0.15) is 0 Å². The van der Waals surface area contributed by atoms with Gasteiger partial charge < -0.3 is 9.88 Å². The molecular formula is C24H25N7OS. The monoisotopic (exact) mass is 459 g/mol. The summed E-state index contributed by atoms with van der Waals surface area (Å²) in [5, 5.41) is 20.9. The van der Waals surface area contributed by atoms with Crippen LogP contribution in [0, 0.1) is 6.92 Å². The molecule has 4 aromatic rings. The third kappa shape index (κ3) is 4.68. The lowest BCUT2D eigenvalue weighted by atomic mass is 10.2. The van der Waals surface area contributed by atoms with Gasteiger partial charge in [0.05, 0.1) is 5.75 Å². The van der Waals surface area contributed by atoms with Gasteiger partial charge in [0.25, 0.3) is 0 Å². The lowest BCUT2D eigenvalue weighted by molar-refractivity contribution is -0.113. The molecule has 33 heavy (non-hydrogen) atoms. The van der Waals surface area contributed by atoms with Crippen molar-refractivity contribution in [3.63, 3.8) is 0 Å². The zero-order chi connectivity index (χ0) is 22.6. The number of amides is 1. The van der Waals surface area contributed by atoms with Crippen LogP contribution >= 0.6 is 11.8 Å². The molecule has 0 unspecified atom stereocenters. The summed E-state index contributed by atoms with van der Waals surface area (Å²) in [6, 6.07) is 17.7. The van der Waals surface area contributed by atoms with Crippen LogP contribution < -0.4 is 5.32 Å². The highest BCUT2D eigenvalue weighted by atomic mass is 32.2. The molecule has 5 rings (SSSR count). The van der Waals surface area contributed by atoms with Gasteiger partial charge in [0.1, 0.15) is 11.6 Å². The van der Waals surface area contributed by atoms with Gasteiger partial charge in [0, 0.05) is 29.9 Å². The molecule has 1 aliphatic rings. The Morgan fingerprint density at radius 1 is 1.00 bits per heavy atom. The lowest BCUT2D eigenvalue weighted by Crippen LogP contribution is -2.14. The highest BCUT2D eigenvalue weighted by Crippen LogP contribution is 2.26. The van der Waals surface area contributed by atoms with Gasteiger partial charge in [-0.1, -0.05) is 48.5 Å². The topological polar surface area (TPSA) is 90.5 Å². The van der Waals surface area contributed by atoms with Gasteiger partial charge in [0.15, 0.2) is 11.0 Å². The molecule has 9 heteroatoms. The van der Waals surface area contributed by atoms with Gasteiger partial charge in [-0.15, -0.1) is 20.4 Å². The predicted molar refractivity (Wildman–Crippen MR) is 128 cm³/mol. The molecule has 0 bridgehead atoms. The minimum atomic E-state index is -0.0995. The van der Waals surface area contributed by atoms with E-state index in [-0.39, 0.29) is 11.7 Å². The molecule has 2 aromatic carbocycles. The lowest BCUT2D eigenvalue weighted by Gasteiger charge is -2.10. The van der Waals surface area contributed by atoms with Gasteiger partial charge in [-0.05, 0) is 44.0 Å². The smallest absolute Gasteiger partial charge is 0.234 e. The summed E-state index contributed by atoms with van der Waals surface area (Å²) < 4.78 is 4.16. The Morgan fingerprint density at radius 2 is 1.88 bits per heavy atom. The molecule has 0 aliphatic carbocycles. The fourth-order valence-electron chi connectivity index (χ4n) is 4.07. The van der Waals surface area contributed by atoms with Crippen molar-refractivity contribution >= 4 is 23.4 Å². The molecule has 168 valence electrons. The summed E-state index contributed by atoms with van der Waals surface area (Å²) in [5.74, 6) is 2.83. The Balaban J connectivity index is 1.27. The van der Waals surface area contributed by atoms with Crippen LogP contribution in [0.4, 0.5) is 5.69 Å². The van der Waals surface area contributed by atoms with Crippen molar-refractivity contribution in [2.75, 3.05) is 11.1 Å². The first-order valence-electron chi connectivity index (χ1n) is 11.1. The standard InChI is InChI=1S/C24H25N7OS/c1-17-26-29-24(31(17)20-11-4-2-5-12-20)33-16-22(32)25-19-10-8-9-18(15-19)23-28-27-21-13-6-3-7-14-30(21)23/h2,4-5,8-12,15H,3,6-7,13-14,16H2,1H3,(H,25,32). The maximum Gasteiger partial charge on any atom is 0.234 e. The molecule has 0 fully saturated rings. The highest BCUT2D eigenvalue weighted by molar-refractivity contribution is 7.99. The fourth-order valence-corrected chi connectivity index (χ4v) is 4.87. The summed E-state index contributed by atoms with van der Waals surface area (Å²) >= 11 is 1.36. The first kappa shape index (κ1) is 21.4. The van der Waals surface area contributed by atoms with E-state index in [1.807, 2.05) is 66.1 Å². The van der Waals surface area contributed by atoms with Crippen molar-refractivity contribution in [1.82, 2.24) is 29.5 Å². The normalized spacial score (nSPS) is 13.4. The van der Waals surface area contributed by atoms with Crippen molar-refractivity contribution in [1.29, 1.82) is 0 Å². The molecule has 0 saturated heterocycles. The second-order valence-electron chi connectivity index (χ2n) is 8.02. The van der Waals surface area contributed by atoms with Crippen LogP contribution in [0.3, 0.4) is 0 Å². The Bertz CT molecular complexity index is 1270. The summed E-state index contributed by atoms with van der Waals surface area (Å²) in [4.78, 5) is 12.7. The second-order valence-corrected chi connectivity index (χ2v) is 8.96. The molecule has 8 nitrogen and oxygen atoms in total. The van der Waals surface area contributed by atoms with E-state index in [0.29, 0.717) is 5.16 Å². The van der Waals surface area contributed by atoms with E-state index in [9.17, 15) is 4.79 Å². The quantitative estimate of drug-likeness (QED) is 0.433. The third-order valence-electron chi connectivity index (χ3n) is 5.66. The van der Waals surface area contributed by atoms with Crippen LogP contribution in [0.5, 0.6) is 0 Å². The van der Waals surface area contributed by atoms with E-state index < -0.39 is 0 Å². The first-order valence-corrected chi connectivity index (χ1v) is 12.1. The average molecular weight is 460 g/mol. The largest absolute Gasteiger partial charge is 0.325 e. The maximum atomic E-state index is 12.7. The van der Waals surface area contributed by atoms with Crippen molar-refractivity contribution in [2.45, 2.75) is 44.3 Å². The summed E-state index contributed by atoms with van der Waals surface area (Å²) in [6.45, 7) is 2.84. The maximum absolute atomic E-state index is 12.7. The number of anilines is 1. The fraction of sp³-hybridized carbons (Fsp3) is 0.292. The van der Waals surface area contributed by atoms with Crippen molar-refractivity contribution in [3.05, 3.63) is 66.2 Å². The number of thioether (sulfide) groups is 1. The Hall–Kier alpha value is -3.46.